The third-order valence-corrected chi connectivity index (χ3v) is 9.95. The van der Waals surface area contributed by atoms with E-state index in [1.165, 1.54) is 21.0 Å². The summed E-state index contributed by atoms with van der Waals surface area (Å²) in [6, 6.07) is 48.8. The Labute approximate surface area is 261 Å². The summed E-state index contributed by atoms with van der Waals surface area (Å²) in [6.45, 7) is 0. The van der Waals surface area contributed by atoms with Crippen molar-refractivity contribution in [3.8, 4) is 28.3 Å². The van der Waals surface area contributed by atoms with E-state index in [1.54, 1.807) is 11.3 Å². The maximum absolute atomic E-state index is 6.33. The van der Waals surface area contributed by atoms with Crippen LogP contribution in [0.4, 0.5) is 0 Å². The summed E-state index contributed by atoms with van der Waals surface area (Å²) in [4.78, 5) is 10.3. The fourth-order valence-electron chi connectivity index (χ4n) is 6.74. The van der Waals surface area contributed by atoms with Gasteiger partial charge in [0.15, 0.2) is 5.82 Å². The van der Waals surface area contributed by atoms with Gasteiger partial charge in [-0.1, -0.05) is 97.1 Å². The number of aromatic nitrogens is 3. The predicted octanol–water partition coefficient (Wildman–Crippen LogP) is 11.2. The molecule has 4 heterocycles. The SMILES string of the molecule is c1ccc(-c2nc(-c3ccccc3)c3sc4cc(-n5c6ccccc6c6cc7c(cc65)oc5ccccc57)ccc4c3n2)cc1. The highest BCUT2D eigenvalue weighted by atomic mass is 32.1. The van der Waals surface area contributed by atoms with Crippen LogP contribution in [0.5, 0.6) is 0 Å². The number of hydrogen-bond donors (Lipinski definition) is 0. The molecule has 0 N–H and O–H groups in total. The summed E-state index contributed by atoms with van der Waals surface area (Å²) in [5.74, 6) is 0.739. The molecule has 0 aliphatic carbocycles. The van der Waals surface area contributed by atoms with Crippen molar-refractivity contribution in [2.75, 3.05) is 0 Å². The molecule has 4 aromatic heterocycles. The van der Waals surface area contributed by atoms with Gasteiger partial charge >= 0.3 is 0 Å². The molecule has 4 nitrogen and oxygen atoms in total. The predicted molar refractivity (Wildman–Crippen MR) is 187 cm³/mol. The van der Waals surface area contributed by atoms with Gasteiger partial charge in [-0.25, -0.2) is 9.97 Å². The third-order valence-electron chi connectivity index (χ3n) is 8.81. The molecule has 0 radical (unpaired) electrons. The normalized spacial score (nSPS) is 12.0. The fraction of sp³-hybridized carbons (Fsp3) is 0. The van der Waals surface area contributed by atoms with E-state index in [-0.39, 0.29) is 0 Å². The van der Waals surface area contributed by atoms with Crippen LogP contribution in [0, 0.1) is 0 Å². The molecule has 6 aromatic carbocycles. The maximum Gasteiger partial charge on any atom is 0.160 e. The van der Waals surface area contributed by atoms with Gasteiger partial charge in [-0.3, -0.25) is 0 Å². The Morgan fingerprint density at radius 2 is 1.24 bits per heavy atom. The molecule has 210 valence electrons. The zero-order valence-electron chi connectivity index (χ0n) is 23.9. The monoisotopic (exact) mass is 593 g/mol. The molecule has 0 fully saturated rings. The Morgan fingerprint density at radius 3 is 2.09 bits per heavy atom. The molecule has 0 spiro atoms. The first-order chi connectivity index (χ1) is 22.3. The first kappa shape index (κ1) is 24.6. The highest BCUT2D eigenvalue weighted by Crippen LogP contribution is 2.42. The number of para-hydroxylation sites is 2. The average molecular weight is 594 g/mol. The van der Waals surface area contributed by atoms with Crippen molar-refractivity contribution in [1.29, 1.82) is 0 Å². The topological polar surface area (TPSA) is 43.9 Å². The molecule has 0 amide bonds. The number of nitrogens with zero attached hydrogens (tertiary/aromatic N) is 3. The summed E-state index contributed by atoms with van der Waals surface area (Å²) in [5, 5.41) is 5.85. The van der Waals surface area contributed by atoms with E-state index >= 15 is 0 Å². The van der Waals surface area contributed by atoms with E-state index < -0.39 is 0 Å². The lowest BCUT2D eigenvalue weighted by atomic mass is 10.1. The number of furan rings is 1. The summed E-state index contributed by atoms with van der Waals surface area (Å²) in [7, 11) is 0. The van der Waals surface area contributed by atoms with Crippen LogP contribution < -0.4 is 0 Å². The highest BCUT2D eigenvalue weighted by Gasteiger charge is 2.19. The lowest BCUT2D eigenvalue weighted by Crippen LogP contribution is -1.94. The van der Waals surface area contributed by atoms with E-state index in [0.29, 0.717) is 0 Å². The van der Waals surface area contributed by atoms with Crippen LogP contribution in [0.25, 0.3) is 92.4 Å². The van der Waals surface area contributed by atoms with Crippen LogP contribution in [0.3, 0.4) is 0 Å². The van der Waals surface area contributed by atoms with Gasteiger partial charge in [0, 0.05) is 54.5 Å². The molecule has 0 atom stereocenters. The molecular formula is C40H23N3OS. The zero-order chi connectivity index (χ0) is 29.5. The summed E-state index contributed by atoms with van der Waals surface area (Å²) < 4.78 is 11.0. The second-order valence-electron chi connectivity index (χ2n) is 11.4. The van der Waals surface area contributed by atoms with Crippen molar-refractivity contribution in [1.82, 2.24) is 14.5 Å². The molecule has 0 unspecified atom stereocenters. The Morgan fingerprint density at radius 1 is 0.511 bits per heavy atom. The Hall–Kier alpha value is -5.78. The Kier molecular flexibility index (Phi) is 5.12. The smallest absolute Gasteiger partial charge is 0.160 e. The molecular weight excluding hydrogens is 571 g/mol. The van der Waals surface area contributed by atoms with Crippen molar-refractivity contribution < 1.29 is 4.42 Å². The fourth-order valence-corrected chi connectivity index (χ4v) is 7.93. The number of fused-ring (bicyclic) bond motifs is 9. The summed E-state index contributed by atoms with van der Waals surface area (Å²) >= 11 is 1.76. The van der Waals surface area contributed by atoms with Gasteiger partial charge < -0.3 is 8.98 Å². The van der Waals surface area contributed by atoms with Gasteiger partial charge in [0.05, 0.1) is 26.9 Å². The van der Waals surface area contributed by atoms with Gasteiger partial charge in [-0.2, -0.15) is 0 Å². The largest absolute Gasteiger partial charge is 0.456 e. The van der Waals surface area contributed by atoms with Gasteiger partial charge in [0.1, 0.15) is 11.2 Å². The lowest BCUT2D eigenvalue weighted by Gasteiger charge is -2.08. The molecule has 5 heteroatoms. The maximum atomic E-state index is 6.33. The standard InChI is InChI=1S/C40H23N3OS/c1-3-11-24(12-4-1)37-39-38(42-40(41-37)25-13-5-2-6-14-25)29-20-19-26(21-36(29)45-39)43-32-17-9-7-15-27(32)30-22-31-28-16-8-10-18-34(28)44-35(31)23-33(30)43/h1-23H. The molecule has 45 heavy (non-hydrogen) atoms. The Balaban J connectivity index is 1.25. The minimum Gasteiger partial charge on any atom is -0.456 e. The van der Waals surface area contributed by atoms with Gasteiger partial charge in [-0.05, 0) is 36.4 Å². The number of rotatable bonds is 3. The van der Waals surface area contributed by atoms with Crippen LogP contribution in [-0.2, 0) is 0 Å². The van der Waals surface area contributed by atoms with Crippen molar-refractivity contribution in [2.45, 2.75) is 0 Å². The van der Waals surface area contributed by atoms with Crippen molar-refractivity contribution in [3.63, 3.8) is 0 Å². The zero-order valence-corrected chi connectivity index (χ0v) is 24.8. The minimum atomic E-state index is 0.739. The third kappa shape index (κ3) is 3.65. The molecule has 10 aromatic rings. The van der Waals surface area contributed by atoms with E-state index in [4.69, 9.17) is 14.4 Å². The van der Waals surface area contributed by atoms with Crippen LogP contribution in [0.15, 0.2) is 144 Å². The number of thiophene rings is 1. The van der Waals surface area contributed by atoms with Crippen LogP contribution in [-0.4, -0.2) is 14.5 Å². The van der Waals surface area contributed by atoms with Crippen molar-refractivity contribution in [3.05, 3.63) is 140 Å². The van der Waals surface area contributed by atoms with Gasteiger partial charge in [-0.15, -0.1) is 11.3 Å². The Bertz CT molecular complexity index is 2760. The van der Waals surface area contributed by atoms with Crippen molar-refractivity contribution >= 4 is 75.4 Å². The quantitative estimate of drug-likeness (QED) is 0.205. The average Bonchev–Trinajstić information content (AvgIpc) is 3.76. The first-order valence-corrected chi connectivity index (χ1v) is 15.8. The molecule has 0 aliphatic rings. The van der Waals surface area contributed by atoms with Crippen LogP contribution in [0.1, 0.15) is 0 Å². The number of benzene rings is 6. The lowest BCUT2D eigenvalue weighted by molar-refractivity contribution is 0.669. The summed E-state index contributed by atoms with van der Waals surface area (Å²) in [5.41, 5.74) is 9.25. The van der Waals surface area contributed by atoms with Crippen LogP contribution in [0.2, 0.25) is 0 Å². The molecule has 0 aliphatic heterocycles. The first-order valence-electron chi connectivity index (χ1n) is 15.0. The molecule has 10 rings (SSSR count). The van der Waals surface area contributed by atoms with Gasteiger partial charge in [0.25, 0.3) is 0 Å². The second-order valence-corrected chi connectivity index (χ2v) is 12.5. The van der Waals surface area contributed by atoms with E-state index in [1.807, 2.05) is 36.4 Å². The summed E-state index contributed by atoms with van der Waals surface area (Å²) in [6.07, 6.45) is 0. The molecule has 0 saturated carbocycles. The van der Waals surface area contributed by atoms with E-state index in [0.717, 1.165) is 71.4 Å². The van der Waals surface area contributed by atoms with Crippen LogP contribution >= 0.6 is 11.3 Å². The van der Waals surface area contributed by atoms with Gasteiger partial charge in [0.2, 0.25) is 0 Å². The second kappa shape index (κ2) is 9.36. The highest BCUT2D eigenvalue weighted by molar-refractivity contribution is 7.26. The molecule has 0 saturated heterocycles. The number of hydrogen-bond acceptors (Lipinski definition) is 4. The minimum absolute atomic E-state index is 0.739. The van der Waals surface area contributed by atoms with E-state index in [9.17, 15) is 0 Å². The van der Waals surface area contributed by atoms with Crippen molar-refractivity contribution in [2.24, 2.45) is 0 Å². The molecule has 0 bridgehead atoms. The van der Waals surface area contributed by atoms with E-state index in [2.05, 4.69) is 108 Å².